The molecule has 0 bridgehead atoms. The summed E-state index contributed by atoms with van der Waals surface area (Å²) in [6.45, 7) is 2.62. The summed E-state index contributed by atoms with van der Waals surface area (Å²) < 4.78 is 0. The predicted octanol–water partition coefficient (Wildman–Crippen LogP) is 0.728. The van der Waals surface area contributed by atoms with Crippen molar-refractivity contribution < 1.29 is 9.90 Å². The van der Waals surface area contributed by atoms with Crippen molar-refractivity contribution in [1.29, 1.82) is 0 Å². The highest BCUT2D eigenvalue weighted by Gasteiger charge is 2.46. The molecule has 8 heteroatoms. The monoisotopic (exact) mass is 316 g/mol. The summed E-state index contributed by atoms with van der Waals surface area (Å²) in [7, 11) is 1.92. The highest BCUT2D eigenvalue weighted by Crippen LogP contribution is 2.43. The van der Waals surface area contributed by atoms with E-state index >= 15 is 0 Å². The number of aromatic nitrogens is 4. The number of nitrogens with one attached hydrogen (secondary N) is 1. The molecule has 2 aliphatic heterocycles. The number of anilines is 1. The Hall–Kier alpha value is -2.22. The lowest BCUT2D eigenvalue weighted by atomic mass is 9.76. The van der Waals surface area contributed by atoms with Crippen molar-refractivity contribution in [3.63, 3.8) is 0 Å². The van der Waals surface area contributed by atoms with Gasteiger partial charge in [-0.1, -0.05) is 0 Å². The smallest absolute Gasteiger partial charge is 0.320 e. The second kappa shape index (κ2) is 5.16. The lowest BCUT2D eigenvalue weighted by Gasteiger charge is -2.39. The molecule has 2 saturated heterocycles. The average Bonchev–Trinajstić information content (AvgIpc) is 3.13. The summed E-state index contributed by atoms with van der Waals surface area (Å²) in [5.41, 5.74) is 1.67. The molecule has 122 valence electrons. The number of aliphatic carboxylic acids is 1. The molecule has 0 amide bonds. The Morgan fingerprint density at radius 3 is 2.83 bits per heavy atom. The van der Waals surface area contributed by atoms with Gasteiger partial charge in [0.25, 0.3) is 0 Å². The van der Waals surface area contributed by atoms with E-state index < -0.39 is 5.97 Å². The van der Waals surface area contributed by atoms with Gasteiger partial charge >= 0.3 is 5.97 Å². The van der Waals surface area contributed by atoms with Crippen molar-refractivity contribution in [2.45, 2.75) is 25.3 Å². The van der Waals surface area contributed by atoms with Crippen molar-refractivity contribution in [3.05, 3.63) is 12.7 Å². The normalized spacial score (nSPS) is 24.6. The van der Waals surface area contributed by atoms with Gasteiger partial charge in [0, 0.05) is 19.6 Å². The maximum absolute atomic E-state index is 11.4. The number of hydrogen-bond donors (Lipinski definition) is 2. The Bertz CT molecular complexity index is 736. The molecule has 2 aliphatic rings. The van der Waals surface area contributed by atoms with Crippen LogP contribution in [0.2, 0.25) is 0 Å². The topological polar surface area (TPSA) is 98.2 Å². The number of nitrogens with zero attached hydrogens (tertiary/aromatic N) is 5. The number of rotatable bonds is 2. The molecule has 1 atom stereocenters. The van der Waals surface area contributed by atoms with Gasteiger partial charge < -0.3 is 15.0 Å². The maximum atomic E-state index is 11.4. The molecule has 23 heavy (non-hydrogen) atoms. The zero-order valence-corrected chi connectivity index (χ0v) is 13.1. The van der Waals surface area contributed by atoms with Gasteiger partial charge in [0.2, 0.25) is 0 Å². The van der Waals surface area contributed by atoms with Crippen LogP contribution in [0.4, 0.5) is 5.82 Å². The molecule has 0 unspecified atom stereocenters. The van der Waals surface area contributed by atoms with Gasteiger partial charge in [-0.3, -0.25) is 9.69 Å². The van der Waals surface area contributed by atoms with Crippen LogP contribution in [0.15, 0.2) is 12.7 Å². The molecule has 0 saturated carbocycles. The first kappa shape index (κ1) is 14.4. The number of likely N-dealkylation sites (N-methyl/N-ethyl adjacent to an activating group) is 1. The largest absolute Gasteiger partial charge is 0.480 e. The van der Waals surface area contributed by atoms with Crippen molar-refractivity contribution in [2.75, 3.05) is 31.6 Å². The van der Waals surface area contributed by atoms with Crippen LogP contribution in [0.3, 0.4) is 0 Å². The number of carboxylic acids is 1. The summed E-state index contributed by atoms with van der Waals surface area (Å²) in [5, 5.41) is 9.34. The van der Waals surface area contributed by atoms with Crippen LogP contribution in [0.25, 0.3) is 11.2 Å². The third-order valence-electron chi connectivity index (χ3n) is 5.35. The molecule has 0 radical (unpaired) electrons. The first-order valence-electron chi connectivity index (χ1n) is 7.90. The molecular formula is C15H20N6O2. The lowest BCUT2D eigenvalue weighted by molar-refractivity contribution is -0.141. The average molecular weight is 316 g/mol. The van der Waals surface area contributed by atoms with E-state index in [0.29, 0.717) is 5.65 Å². The number of aromatic amines is 1. The first-order valence-corrected chi connectivity index (χ1v) is 7.90. The zero-order chi connectivity index (χ0) is 16.0. The molecule has 2 aromatic rings. The van der Waals surface area contributed by atoms with E-state index in [0.717, 1.165) is 50.2 Å². The van der Waals surface area contributed by atoms with Crippen molar-refractivity contribution in [3.8, 4) is 0 Å². The number of H-pyrrole nitrogens is 1. The molecule has 1 spiro atoms. The van der Waals surface area contributed by atoms with Crippen LogP contribution in [0.1, 0.15) is 19.3 Å². The van der Waals surface area contributed by atoms with Gasteiger partial charge in [-0.25, -0.2) is 15.0 Å². The Morgan fingerprint density at radius 1 is 1.35 bits per heavy atom. The second-order valence-electron chi connectivity index (χ2n) is 6.76. The van der Waals surface area contributed by atoms with E-state index in [9.17, 15) is 9.90 Å². The van der Waals surface area contributed by atoms with Gasteiger partial charge in [0.15, 0.2) is 11.5 Å². The number of hydrogen-bond acceptors (Lipinski definition) is 6. The fraction of sp³-hybridized carbons (Fsp3) is 0.600. The number of fused-ring (bicyclic) bond motifs is 1. The summed E-state index contributed by atoms with van der Waals surface area (Å²) in [4.78, 5) is 31.5. The molecule has 0 aliphatic carbocycles. The SMILES string of the molecule is CN1CC2(CCN(c3ncnc4nc[nH]c34)CC2)C[C@@H]1C(=O)O. The summed E-state index contributed by atoms with van der Waals surface area (Å²) in [6, 6.07) is -0.347. The molecule has 2 fully saturated rings. The van der Waals surface area contributed by atoms with E-state index in [2.05, 4.69) is 24.8 Å². The maximum Gasteiger partial charge on any atom is 0.320 e. The minimum Gasteiger partial charge on any atom is -0.480 e. The zero-order valence-electron chi connectivity index (χ0n) is 13.1. The molecular weight excluding hydrogens is 296 g/mol. The minimum atomic E-state index is -0.707. The van der Waals surface area contributed by atoms with Gasteiger partial charge in [-0.05, 0) is 31.7 Å². The molecule has 4 heterocycles. The van der Waals surface area contributed by atoms with E-state index in [1.807, 2.05) is 11.9 Å². The quantitative estimate of drug-likeness (QED) is 0.842. The summed E-state index contributed by atoms with van der Waals surface area (Å²) >= 11 is 0. The third-order valence-corrected chi connectivity index (χ3v) is 5.35. The Labute approximate surface area is 133 Å². The Balaban J connectivity index is 1.52. The van der Waals surface area contributed by atoms with Gasteiger partial charge in [-0.2, -0.15) is 0 Å². The number of piperidine rings is 1. The number of imidazole rings is 1. The first-order chi connectivity index (χ1) is 11.1. The molecule has 8 nitrogen and oxygen atoms in total. The number of carboxylic acid groups (broad SMARTS) is 1. The van der Waals surface area contributed by atoms with E-state index in [-0.39, 0.29) is 11.5 Å². The van der Waals surface area contributed by atoms with Crippen LogP contribution in [0.5, 0.6) is 0 Å². The van der Waals surface area contributed by atoms with Gasteiger partial charge in [-0.15, -0.1) is 0 Å². The van der Waals surface area contributed by atoms with E-state index in [1.165, 1.54) is 0 Å². The number of carbonyl (C=O) groups is 1. The molecule has 4 rings (SSSR count). The van der Waals surface area contributed by atoms with Crippen LogP contribution in [-0.2, 0) is 4.79 Å². The standard InChI is InChI=1S/C15H20N6O2/c1-20-7-15(6-10(20)14(22)23)2-4-21(5-3-15)13-11-12(17-8-16-11)18-9-19-13/h8-10H,2-7H2,1H3,(H,22,23)(H,16,17,18,19)/t10-/m1/s1. The lowest BCUT2D eigenvalue weighted by Crippen LogP contribution is -2.41. The fourth-order valence-electron chi connectivity index (χ4n) is 4.09. The molecule has 2 N–H and O–H groups in total. The van der Waals surface area contributed by atoms with Crippen molar-refractivity contribution in [1.82, 2.24) is 24.8 Å². The Kier molecular flexibility index (Phi) is 3.22. The third kappa shape index (κ3) is 2.33. The van der Waals surface area contributed by atoms with Crippen molar-refractivity contribution >= 4 is 23.0 Å². The number of likely N-dealkylation sites (tertiary alicyclic amines) is 1. The second-order valence-corrected chi connectivity index (χ2v) is 6.76. The van der Waals surface area contributed by atoms with Gasteiger partial charge in [0.1, 0.15) is 17.9 Å². The summed E-state index contributed by atoms with van der Waals surface area (Å²) in [6.07, 6.45) is 5.90. The highest BCUT2D eigenvalue weighted by atomic mass is 16.4. The summed E-state index contributed by atoms with van der Waals surface area (Å²) in [5.74, 6) is 0.185. The Morgan fingerprint density at radius 2 is 2.13 bits per heavy atom. The van der Waals surface area contributed by atoms with Crippen molar-refractivity contribution in [2.24, 2.45) is 5.41 Å². The van der Waals surface area contributed by atoms with Crippen LogP contribution >= 0.6 is 0 Å². The van der Waals surface area contributed by atoms with E-state index in [4.69, 9.17) is 0 Å². The van der Waals surface area contributed by atoms with Crippen LogP contribution in [0, 0.1) is 5.41 Å². The fourth-order valence-corrected chi connectivity index (χ4v) is 4.09. The van der Waals surface area contributed by atoms with Crippen LogP contribution in [-0.4, -0.2) is 68.6 Å². The highest BCUT2D eigenvalue weighted by molar-refractivity contribution is 5.82. The minimum absolute atomic E-state index is 0.119. The predicted molar refractivity (Wildman–Crippen MR) is 84.2 cm³/mol. The van der Waals surface area contributed by atoms with E-state index in [1.54, 1.807) is 12.7 Å². The van der Waals surface area contributed by atoms with Crippen LogP contribution < -0.4 is 4.90 Å². The molecule has 2 aromatic heterocycles. The van der Waals surface area contributed by atoms with Gasteiger partial charge in [0.05, 0.1) is 6.33 Å². The molecule has 0 aromatic carbocycles.